The molecule has 2 aromatic rings. The molecular weight excluding hydrogens is 258 g/mol. The zero-order chi connectivity index (χ0) is 11.4. The second-order valence-corrected chi connectivity index (χ2v) is 5.29. The summed E-state index contributed by atoms with van der Waals surface area (Å²) in [7, 11) is 0. The molecule has 0 aliphatic heterocycles. The van der Waals surface area contributed by atoms with Crippen LogP contribution in [0.4, 0.5) is 0 Å². The molecule has 0 fully saturated rings. The molecule has 0 aliphatic rings. The van der Waals surface area contributed by atoms with Gasteiger partial charge in [-0.3, -0.25) is 0 Å². The van der Waals surface area contributed by atoms with Crippen LogP contribution < -0.4 is 0 Å². The second-order valence-electron chi connectivity index (χ2n) is 3.46. The van der Waals surface area contributed by atoms with E-state index in [1.807, 2.05) is 24.3 Å². The van der Waals surface area contributed by atoms with Crippen LogP contribution in [-0.4, -0.2) is 10.7 Å². The Bertz CT molecular complexity index is 450. The summed E-state index contributed by atoms with van der Waals surface area (Å²) in [4.78, 5) is 4.59. The largest absolute Gasteiger partial charge is 0.241 e. The molecule has 4 heteroatoms. The fourth-order valence-corrected chi connectivity index (χ4v) is 2.54. The quantitative estimate of drug-likeness (QED) is 0.816. The molecule has 0 N–H and O–H groups in total. The van der Waals surface area contributed by atoms with E-state index in [0.29, 0.717) is 0 Å². The van der Waals surface area contributed by atoms with Crippen molar-refractivity contribution in [1.29, 1.82) is 0 Å². The minimum Gasteiger partial charge on any atom is -0.241 e. The van der Waals surface area contributed by atoms with Crippen molar-refractivity contribution in [2.45, 2.75) is 12.8 Å². The van der Waals surface area contributed by atoms with E-state index in [-0.39, 0.29) is 0 Å². The average Bonchev–Trinajstić information content (AvgIpc) is 2.76. The Kier molecular flexibility index (Phi) is 4.27. The molecule has 0 unspecified atom stereocenters. The van der Waals surface area contributed by atoms with Gasteiger partial charge in [-0.25, -0.2) is 4.98 Å². The molecule has 0 saturated carbocycles. The van der Waals surface area contributed by atoms with E-state index < -0.39 is 0 Å². The molecule has 1 aromatic heterocycles. The Morgan fingerprint density at radius 3 is 2.69 bits per heavy atom. The summed E-state index contributed by atoms with van der Waals surface area (Å²) in [5.74, 6) is 0.913. The maximum absolute atomic E-state index is 5.85. The minimum absolute atomic E-state index is 0.759. The van der Waals surface area contributed by atoms with Crippen LogP contribution in [0, 0.1) is 0 Å². The summed E-state index contributed by atoms with van der Waals surface area (Å²) >= 11 is 11.8. The van der Waals surface area contributed by atoms with Crippen molar-refractivity contribution in [3.8, 4) is 11.3 Å². The van der Waals surface area contributed by atoms with Crippen LogP contribution in [0.5, 0.6) is 0 Å². The highest BCUT2D eigenvalue weighted by molar-refractivity contribution is 7.80. The monoisotopic (exact) mass is 269 g/mol. The maximum Gasteiger partial charge on any atom is 0.0932 e. The SMILES string of the molecule is SCCCc1nc(-c2ccc(Cl)cc2)cs1. The maximum atomic E-state index is 5.85. The van der Waals surface area contributed by atoms with Gasteiger partial charge in [-0.05, 0) is 24.3 Å². The lowest BCUT2D eigenvalue weighted by Crippen LogP contribution is -1.85. The highest BCUT2D eigenvalue weighted by Gasteiger charge is 2.03. The van der Waals surface area contributed by atoms with Gasteiger partial charge in [0.05, 0.1) is 10.7 Å². The summed E-state index contributed by atoms with van der Waals surface area (Å²) < 4.78 is 0. The Morgan fingerprint density at radius 2 is 2.00 bits per heavy atom. The molecule has 0 atom stereocenters. The fraction of sp³-hybridized carbons (Fsp3) is 0.250. The van der Waals surface area contributed by atoms with Crippen molar-refractivity contribution in [3.05, 3.63) is 39.7 Å². The first-order valence-electron chi connectivity index (χ1n) is 5.11. The van der Waals surface area contributed by atoms with E-state index in [1.165, 1.54) is 5.01 Å². The number of hydrogen-bond donors (Lipinski definition) is 1. The number of rotatable bonds is 4. The summed E-state index contributed by atoms with van der Waals surface area (Å²) in [5, 5.41) is 4.03. The van der Waals surface area contributed by atoms with Gasteiger partial charge in [-0.2, -0.15) is 12.6 Å². The molecule has 1 nitrogen and oxygen atoms in total. The number of thiol groups is 1. The minimum atomic E-state index is 0.759. The molecule has 0 amide bonds. The Hall–Kier alpha value is -0.510. The molecule has 0 radical (unpaired) electrons. The van der Waals surface area contributed by atoms with Crippen LogP contribution >= 0.6 is 35.6 Å². The number of hydrogen-bond acceptors (Lipinski definition) is 3. The molecule has 2 rings (SSSR count). The zero-order valence-corrected chi connectivity index (χ0v) is 11.2. The molecule has 0 saturated heterocycles. The van der Waals surface area contributed by atoms with Crippen molar-refractivity contribution in [2.75, 3.05) is 5.75 Å². The third kappa shape index (κ3) is 3.00. The average molecular weight is 270 g/mol. The Balaban J connectivity index is 2.15. The van der Waals surface area contributed by atoms with Crippen LogP contribution in [0.3, 0.4) is 0 Å². The lowest BCUT2D eigenvalue weighted by atomic mass is 10.2. The summed E-state index contributed by atoms with van der Waals surface area (Å²) in [5.41, 5.74) is 2.16. The van der Waals surface area contributed by atoms with Crippen molar-refractivity contribution < 1.29 is 0 Å². The molecule has 1 aromatic carbocycles. The smallest absolute Gasteiger partial charge is 0.0932 e. The van der Waals surface area contributed by atoms with Gasteiger partial charge in [-0.1, -0.05) is 23.7 Å². The lowest BCUT2D eigenvalue weighted by Gasteiger charge is -1.96. The van der Waals surface area contributed by atoms with Gasteiger partial charge in [0, 0.05) is 22.4 Å². The van der Waals surface area contributed by atoms with E-state index in [1.54, 1.807) is 11.3 Å². The second kappa shape index (κ2) is 5.71. The molecule has 0 aliphatic carbocycles. The first kappa shape index (κ1) is 12.0. The first-order chi connectivity index (χ1) is 7.79. The summed E-state index contributed by atoms with van der Waals surface area (Å²) in [6, 6.07) is 7.78. The molecule has 0 bridgehead atoms. The Morgan fingerprint density at radius 1 is 1.25 bits per heavy atom. The van der Waals surface area contributed by atoms with Crippen LogP contribution in [-0.2, 0) is 6.42 Å². The van der Waals surface area contributed by atoms with Gasteiger partial charge < -0.3 is 0 Å². The van der Waals surface area contributed by atoms with E-state index in [4.69, 9.17) is 11.6 Å². The number of thiazole rings is 1. The Labute approximate surface area is 110 Å². The van der Waals surface area contributed by atoms with Gasteiger partial charge in [0.15, 0.2) is 0 Å². The standard InChI is InChI=1S/C12H12ClNS2/c13-10-5-3-9(4-6-10)11-8-16-12(14-11)2-1-7-15/h3-6,8,15H,1-2,7H2. The number of aromatic nitrogens is 1. The number of halogens is 1. The number of benzene rings is 1. The fourth-order valence-electron chi connectivity index (χ4n) is 1.41. The van der Waals surface area contributed by atoms with Gasteiger partial charge in [0.2, 0.25) is 0 Å². The molecule has 84 valence electrons. The third-order valence-electron chi connectivity index (χ3n) is 2.24. The van der Waals surface area contributed by atoms with Crippen LogP contribution in [0.25, 0.3) is 11.3 Å². The van der Waals surface area contributed by atoms with Crippen molar-refractivity contribution >= 4 is 35.6 Å². The predicted octanol–water partition coefficient (Wildman–Crippen LogP) is 4.33. The van der Waals surface area contributed by atoms with Crippen LogP contribution in [0.1, 0.15) is 11.4 Å². The summed E-state index contributed by atoms with van der Waals surface area (Å²) in [6.07, 6.45) is 2.10. The lowest BCUT2D eigenvalue weighted by molar-refractivity contribution is 0.923. The predicted molar refractivity (Wildman–Crippen MR) is 74.7 cm³/mol. The highest BCUT2D eigenvalue weighted by Crippen LogP contribution is 2.24. The molecule has 16 heavy (non-hydrogen) atoms. The topological polar surface area (TPSA) is 12.9 Å². The van der Waals surface area contributed by atoms with Crippen LogP contribution in [0.15, 0.2) is 29.6 Å². The molecule has 0 spiro atoms. The normalized spacial score (nSPS) is 10.6. The van der Waals surface area contributed by atoms with E-state index in [2.05, 4.69) is 23.0 Å². The molecular formula is C12H12ClNS2. The zero-order valence-electron chi connectivity index (χ0n) is 8.69. The van der Waals surface area contributed by atoms with E-state index >= 15 is 0 Å². The van der Waals surface area contributed by atoms with E-state index in [9.17, 15) is 0 Å². The number of nitrogens with zero attached hydrogens (tertiary/aromatic N) is 1. The van der Waals surface area contributed by atoms with E-state index in [0.717, 1.165) is 34.9 Å². The van der Waals surface area contributed by atoms with Crippen molar-refractivity contribution in [2.24, 2.45) is 0 Å². The van der Waals surface area contributed by atoms with Crippen LogP contribution in [0.2, 0.25) is 5.02 Å². The first-order valence-corrected chi connectivity index (χ1v) is 7.00. The highest BCUT2D eigenvalue weighted by atomic mass is 35.5. The van der Waals surface area contributed by atoms with Gasteiger partial charge >= 0.3 is 0 Å². The van der Waals surface area contributed by atoms with Crippen molar-refractivity contribution in [1.82, 2.24) is 4.98 Å². The van der Waals surface area contributed by atoms with Gasteiger partial charge in [0.25, 0.3) is 0 Å². The number of aryl methyl sites for hydroxylation is 1. The molecule has 1 heterocycles. The van der Waals surface area contributed by atoms with Gasteiger partial charge in [0.1, 0.15) is 0 Å². The van der Waals surface area contributed by atoms with Gasteiger partial charge in [-0.15, -0.1) is 11.3 Å². The van der Waals surface area contributed by atoms with Crippen molar-refractivity contribution in [3.63, 3.8) is 0 Å². The summed E-state index contributed by atoms with van der Waals surface area (Å²) in [6.45, 7) is 0. The third-order valence-corrected chi connectivity index (χ3v) is 3.72.